The first kappa shape index (κ1) is 31.1. The van der Waals surface area contributed by atoms with E-state index in [9.17, 15) is 92.2 Å². The molecule has 0 rings (SSSR count). The fourth-order valence-corrected chi connectivity index (χ4v) is 1.67. The predicted octanol–water partition coefficient (Wildman–Crippen LogP) is 6.90. The smallest absolute Gasteiger partial charge is 0.203 e. The molecule has 21 heteroatoms. The molecule has 0 aromatic rings. The van der Waals surface area contributed by atoms with Crippen LogP contribution >= 0.6 is 0 Å². The Morgan fingerprint density at radius 1 is 0.394 bits per heavy atom. The highest BCUT2D eigenvalue weighted by Crippen LogP contribution is 2.65. The Kier molecular flexibility index (Phi) is 7.36. The summed E-state index contributed by atoms with van der Waals surface area (Å²) in [4.78, 5) is 0. The molecular weight excluding hydrogens is 543 g/mol. The van der Waals surface area contributed by atoms with Gasteiger partial charge in [0.05, 0.1) is 0 Å². The van der Waals surface area contributed by atoms with Crippen molar-refractivity contribution in [2.75, 3.05) is 0 Å². The lowest BCUT2D eigenvalue weighted by Gasteiger charge is -2.43. The summed E-state index contributed by atoms with van der Waals surface area (Å²) in [6, 6.07) is 0. The predicted molar refractivity (Wildman–Crippen MR) is 59.4 cm³/mol. The maximum Gasteiger partial charge on any atom is 0.390 e. The first-order valence-corrected chi connectivity index (χ1v) is 6.82. The Balaban J connectivity index is 7.02. The minimum atomic E-state index is -9.09. The largest absolute Gasteiger partial charge is 0.390 e. The van der Waals surface area contributed by atoms with Gasteiger partial charge in [0.1, 0.15) is 6.17 Å². The van der Waals surface area contributed by atoms with Crippen molar-refractivity contribution in [2.24, 2.45) is 0 Å². The molecule has 0 heterocycles. The number of rotatable bonds is 9. The van der Waals surface area contributed by atoms with Crippen LogP contribution in [0.1, 0.15) is 0 Å². The quantitative estimate of drug-likeness (QED) is 0.219. The topological polar surface area (TPSA) is 0 Å². The van der Waals surface area contributed by atoms with Crippen LogP contribution in [0.2, 0.25) is 0 Å². The van der Waals surface area contributed by atoms with Gasteiger partial charge in [-0.3, -0.25) is 0 Å². The highest BCUT2D eigenvalue weighted by molar-refractivity contribution is 5.21. The van der Waals surface area contributed by atoms with E-state index in [1.165, 1.54) is 0 Å². The molecular formula is C12HF21. The lowest BCUT2D eigenvalue weighted by molar-refractivity contribution is -0.463. The van der Waals surface area contributed by atoms with E-state index in [2.05, 4.69) is 0 Å². The summed E-state index contributed by atoms with van der Waals surface area (Å²) in [5.74, 6) is -77.1. The van der Waals surface area contributed by atoms with Gasteiger partial charge in [-0.05, 0) is 0 Å². The molecule has 0 saturated carbocycles. The first-order valence-electron chi connectivity index (χ1n) is 6.82. The SMILES string of the molecule is FC#CC(F)(F)C(F)(F)C(F)(F)C(F)(F)C(F)(F)C(F)(F)C(F)(F)C(F)(F)C(F)(F)C(F)F. The van der Waals surface area contributed by atoms with E-state index < -0.39 is 71.8 Å². The number of hydrogen-bond donors (Lipinski definition) is 0. The van der Waals surface area contributed by atoms with Gasteiger partial charge in [0.25, 0.3) is 0 Å². The van der Waals surface area contributed by atoms with Crippen LogP contribution < -0.4 is 0 Å². The molecule has 0 atom stereocenters. The molecule has 0 N–H and O–H groups in total. The molecule has 0 nitrogen and oxygen atoms in total. The van der Waals surface area contributed by atoms with E-state index in [-0.39, 0.29) is 0 Å². The van der Waals surface area contributed by atoms with Gasteiger partial charge in [-0.15, -0.1) is 4.39 Å². The van der Waals surface area contributed by atoms with Crippen molar-refractivity contribution in [3.05, 3.63) is 0 Å². The van der Waals surface area contributed by atoms with Crippen LogP contribution in [-0.2, 0) is 0 Å². The highest BCUT2D eigenvalue weighted by atomic mass is 19.4. The van der Waals surface area contributed by atoms with Gasteiger partial charge in [-0.2, -0.15) is 79.0 Å². The third-order valence-corrected chi connectivity index (χ3v) is 3.66. The van der Waals surface area contributed by atoms with Crippen LogP contribution in [0, 0.1) is 12.1 Å². The number of alkyl halides is 20. The molecule has 0 spiro atoms. The zero-order valence-corrected chi connectivity index (χ0v) is 14.0. The Labute approximate surface area is 165 Å². The molecule has 196 valence electrons. The van der Waals surface area contributed by atoms with Crippen LogP contribution in [0.4, 0.5) is 92.2 Å². The van der Waals surface area contributed by atoms with Gasteiger partial charge in [0, 0.05) is 5.92 Å². The summed E-state index contributed by atoms with van der Waals surface area (Å²) in [7, 11) is 0. The van der Waals surface area contributed by atoms with Crippen molar-refractivity contribution in [1.82, 2.24) is 0 Å². The van der Waals surface area contributed by atoms with Crippen LogP contribution in [0.15, 0.2) is 0 Å². The Bertz CT molecular complexity index is 777. The second-order valence-electron chi connectivity index (χ2n) is 5.74. The molecule has 0 saturated heterocycles. The third-order valence-electron chi connectivity index (χ3n) is 3.66. The van der Waals surface area contributed by atoms with Gasteiger partial charge in [-0.25, -0.2) is 8.78 Å². The third kappa shape index (κ3) is 3.70. The van der Waals surface area contributed by atoms with E-state index in [1.54, 1.807) is 0 Å². The molecule has 33 heavy (non-hydrogen) atoms. The van der Waals surface area contributed by atoms with Gasteiger partial charge in [0.15, 0.2) is 0 Å². The average molecular weight is 544 g/mol. The maximum absolute atomic E-state index is 13.3. The van der Waals surface area contributed by atoms with Crippen molar-refractivity contribution in [2.45, 2.75) is 59.7 Å². The second kappa shape index (κ2) is 7.81. The normalized spacial score (nSPS) is 16.1. The summed E-state index contributed by atoms with van der Waals surface area (Å²) in [5, 5.41) is 0. The van der Waals surface area contributed by atoms with Crippen LogP contribution in [0.3, 0.4) is 0 Å². The Morgan fingerprint density at radius 2 is 0.636 bits per heavy atom. The van der Waals surface area contributed by atoms with Crippen LogP contribution in [-0.4, -0.2) is 59.7 Å². The van der Waals surface area contributed by atoms with E-state index in [0.29, 0.717) is 0 Å². The molecule has 0 aliphatic rings. The maximum atomic E-state index is 13.3. The zero-order chi connectivity index (χ0) is 27.5. The summed E-state index contributed by atoms with van der Waals surface area (Å²) in [5.41, 5.74) is 0. The summed E-state index contributed by atoms with van der Waals surface area (Å²) in [6.07, 6.45) is -6.91. The molecule has 0 radical (unpaired) electrons. The molecule has 0 aliphatic heterocycles. The molecule has 0 unspecified atom stereocenters. The Hall–Kier alpha value is -1.91. The first-order chi connectivity index (χ1) is 14.0. The van der Waals surface area contributed by atoms with Gasteiger partial charge in [0.2, 0.25) is 0 Å². The molecule has 0 amide bonds. The van der Waals surface area contributed by atoms with E-state index in [4.69, 9.17) is 0 Å². The lowest BCUT2D eigenvalue weighted by Crippen LogP contribution is -2.76. The van der Waals surface area contributed by atoms with E-state index >= 15 is 0 Å². The zero-order valence-electron chi connectivity index (χ0n) is 14.0. The fourth-order valence-electron chi connectivity index (χ4n) is 1.67. The minimum absolute atomic E-state index is 0.789. The van der Waals surface area contributed by atoms with Gasteiger partial charge >= 0.3 is 59.7 Å². The van der Waals surface area contributed by atoms with Crippen molar-refractivity contribution >= 4 is 0 Å². The van der Waals surface area contributed by atoms with E-state index in [0.717, 1.165) is 0 Å². The van der Waals surface area contributed by atoms with Crippen LogP contribution in [0.5, 0.6) is 0 Å². The molecule has 0 aromatic heterocycles. The van der Waals surface area contributed by atoms with Crippen LogP contribution in [0.25, 0.3) is 0 Å². The van der Waals surface area contributed by atoms with Crippen molar-refractivity contribution in [3.8, 4) is 12.1 Å². The van der Waals surface area contributed by atoms with Crippen molar-refractivity contribution < 1.29 is 92.2 Å². The monoisotopic (exact) mass is 544 g/mol. The number of halogens is 21. The summed E-state index contributed by atoms with van der Waals surface area (Å²) in [6.45, 7) is 0. The minimum Gasteiger partial charge on any atom is -0.203 e. The van der Waals surface area contributed by atoms with Gasteiger partial charge in [-0.1, -0.05) is 0 Å². The average Bonchev–Trinajstić information content (AvgIpc) is 2.59. The lowest BCUT2D eigenvalue weighted by atomic mass is 9.86. The van der Waals surface area contributed by atoms with Gasteiger partial charge < -0.3 is 0 Å². The molecule has 0 fully saturated rings. The molecule has 0 aromatic carbocycles. The second-order valence-corrected chi connectivity index (χ2v) is 5.74. The summed E-state index contributed by atoms with van der Waals surface area (Å²) >= 11 is 0. The van der Waals surface area contributed by atoms with Crippen molar-refractivity contribution in [1.29, 1.82) is 0 Å². The fraction of sp³-hybridized carbons (Fsp3) is 0.833. The Morgan fingerprint density at radius 3 is 0.879 bits per heavy atom. The molecule has 0 aliphatic carbocycles. The standard InChI is InChI=1S/C12HF21/c13-2-1-4(16,17)6(20,21)8(24,25)10(28,29)12(32,33)11(30,31)9(26,27)7(22,23)5(18,19)3(14)15/h3H. The summed E-state index contributed by atoms with van der Waals surface area (Å²) < 4.78 is 270. The highest BCUT2D eigenvalue weighted by Gasteiger charge is 2.96. The van der Waals surface area contributed by atoms with Crippen molar-refractivity contribution in [3.63, 3.8) is 0 Å². The molecule has 0 bridgehead atoms. The van der Waals surface area contributed by atoms with E-state index in [1.807, 2.05) is 0 Å². The number of hydrogen-bond acceptors (Lipinski definition) is 0.